The van der Waals surface area contributed by atoms with Gasteiger partial charge in [-0.2, -0.15) is 4.76 Å². The molecule has 0 saturated carbocycles. The Labute approximate surface area is 159 Å². The molecular formula is C21H21N2O3P. The number of nitrogens with two attached hydrogens (primary N) is 1. The topological polar surface area (TPSA) is 73.9 Å². The van der Waals surface area contributed by atoms with E-state index in [2.05, 4.69) is 4.76 Å². The van der Waals surface area contributed by atoms with Gasteiger partial charge in [-0.15, -0.1) is 0 Å². The monoisotopic (exact) mass is 380 g/mol. The summed E-state index contributed by atoms with van der Waals surface area (Å²) in [5.74, 6) is 0.111. The summed E-state index contributed by atoms with van der Waals surface area (Å²) in [5, 5.41) is 0. The van der Waals surface area contributed by atoms with Gasteiger partial charge in [0.05, 0.1) is 13.2 Å². The van der Waals surface area contributed by atoms with E-state index in [0.717, 1.165) is 11.1 Å². The second-order valence-corrected chi connectivity index (χ2v) is 7.49. The Morgan fingerprint density at radius 2 is 1.15 bits per heavy atom. The van der Waals surface area contributed by atoms with E-state index < -0.39 is 7.75 Å². The van der Waals surface area contributed by atoms with Crippen molar-refractivity contribution in [1.82, 2.24) is 0 Å². The number of nitrogens with zero attached hydrogens (tertiary/aromatic N) is 1. The molecule has 3 rings (SSSR count). The fraction of sp³-hybridized carbons (Fsp3) is 0.0952. The van der Waals surface area contributed by atoms with Crippen LogP contribution in [0, 0.1) is 0 Å². The summed E-state index contributed by atoms with van der Waals surface area (Å²) in [5.41, 5.74) is 8.43. The molecule has 6 heteroatoms. The summed E-state index contributed by atoms with van der Waals surface area (Å²) < 4.78 is 28.5. The second-order valence-electron chi connectivity index (χ2n) is 5.84. The van der Waals surface area contributed by atoms with Gasteiger partial charge in [0.1, 0.15) is 5.84 Å². The van der Waals surface area contributed by atoms with Gasteiger partial charge in [-0.1, -0.05) is 91.0 Å². The fourth-order valence-corrected chi connectivity index (χ4v) is 3.55. The van der Waals surface area contributed by atoms with Crippen LogP contribution in [0.5, 0.6) is 0 Å². The van der Waals surface area contributed by atoms with Gasteiger partial charge >= 0.3 is 7.75 Å². The third-order valence-electron chi connectivity index (χ3n) is 3.77. The van der Waals surface area contributed by atoms with Crippen LogP contribution in [0.2, 0.25) is 0 Å². The predicted octanol–water partition coefficient (Wildman–Crippen LogP) is 4.93. The predicted molar refractivity (Wildman–Crippen MR) is 107 cm³/mol. The molecule has 27 heavy (non-hydrogen) atoms. The molecule has 0 aliphatic heterocycles. The van der Waals surface area contributed by atoms with Crippen molar-refractivity contribution >= 4 is 13.6 Å². The molecule has 0 atom stereocenters. The molecule has 0 spiro atoms. The average molecular weight is 380 g/mol. The lowest BCUT2D eigenvalue weighted by Crippen LogP contribution is -2.13. The van der Waals surface area contributed by atoms with Crippen molar-refractivity contribution in [2.24, 2.45) is 10.5 Å². The molecule has 0 aromatic heterocycles. The largest absolute Gasteiger partial charge is 0.456 e. The van der Waals surface area contributed by atoms with Crippen molar-refractivity contribution in [2.45, 2.75) is 13.2 Å². The first-order chi connectivity index (χ1) is 13.1. The number of hydrogen-bond donors (Lipinski definition) is 1. The highest BCUT2D eigenvalue weighted by Crippen LogP contribution is 2.51. The minimum Gasteiger partial charge on any atom is -0.383 e. The van der Waals surface area contributed by atoms with Crippen LogP contribution in [0.25, 0.3) is 0 Å². The van der Waals surface area contributed by atoms with Crippen LogP contribution in [-0.4, -0.2) is 5.84 Å². The summed E-state index contributed by atoms with van der Waals surface area (Å²) in [6.07, 6.45) is 0. The van der Waals surface area contributed by atoms with Crippen LogP contribution < -0.4 is 5.73 Å². The Morgan fingerprint density at radius 1 is 0.741 bits per heavy atom. The van der Waals surface area contributed by atoms with E-state index in [1.807, 2.05) is 78.9 Å². The minimum atomic E-state index is -3.81. The maximum atomic E-state index is 13.2. The average Bonchev–Trinajstić information content (AvgIpc) is 2.73. The molecule has 0 saturated heterocycles. The van der Waals surface area contributed by atoms with Gasteiger partial charge in [-0.25, -0.2) is 4.57 Å². The molecule has 0 radical (unpaired) electrons. The molecule has 0 fully saturated rings. The van der Waals surface area contributed by atoms with E-state index in [0.29, 0.717) is 5.56 Å². The molecule has 2 N–H and O–H groups in total. The van der Waals surface area contributed by atoms with Gasteiger partial charge in [0.25, 0.3) is 0 Å². The minimum absolute atomic E-state index is 0.110. The highest BCUT2D eigenvalue weighted by Gasteiger charge is 2.25. The maximum absolute atomic E-state index is 13.2. The summed E-state index contributed by atoms with van der Waals surface area (Å²) >= 11 is 0. The van der Waals surface area contributed by atoms with Crippen LogP contribution in [0.15, 0.2) is 95.8 Å². The SMILES string of the molecule is N/C(=N/P(=O)(OCc1ccccc1)OCc1ccccc1)c1ccccc1. The van der Waals surface area contributed by atoms with Crippen molar-refractivity contribution < 1.29 is 13.6 Å². The second kappa shape index (κ2) is 9.28. The molecule has 3 aromatic rings. The Morgan fingerprint density at radius 3 is 1.59 bits per heavy atom. The van der Waals surface area contributed by atoms with Gasteiger partial charge in [-0.3, -0.25) is 9.05 Å². The Balaban J connectivity index is 1.79. The zero-order chi connectivity index (χ0) is 19.0. The molecule has 0 aliphatic carbocycles. The molecule has 0 aliphatic rings. The van der Waals surface area contributed by atoms with Crippen LogP contribution in [0.4, 0.5) is 0 Å². The Bertz CT molecular complexity index is 868. The summed E-state index contributed by atoms with van der Waals surface area (Å²) in [6, 6.07) is 28.0. The fourth-order valence-electron chi connectivity index (χ4n) is 2.35. The third kappa shape index (κ3) is 5.90. The van der Waals surface area contributed by atoms with Crippen molar-refractivity contribution in [3.05, 3.63) is 108 Å². The first kappa shape index (κ1) is 19.1. The van der Waals surface area contributed by atoms with E-state index in [1.165, 1.54) is 0 Å². The quantitative estimate of drug-likeness (QED) is 0.341. The lowest BCUT2D eigenvalue weighted by Gasteiger charge is -2.15. The third-order valence-corrected chi connectivity index (χ3v) is 5.15. The lowest BCUT2D eigenvalue weighted by molar-refractivity contribution is 0.192. The number of benzene rings is 3. The highest BCUT2D eigenvalue weighted by atomic mass is 31.2. The van der Waals surface area contributed by atoms with E-state index >= 15 is 0 Å². The number of rotatable bonds is 8. The van der Waals surface area contributed by atoms with Gasteiger partial charge in [0.2, 0.25) is 0 Å². The van der Waals surface area contributed by atoms with Gasteiger partial charge in [0, 0.05) is 5.56 Å². The molecular weight excluding hydrogens is 359 g/mol. The van der Waals surface area contributed by atoms with Crippen molar-refractivity contribution in [1.29, 1.82) is 0 Å². The summed E-state index contributed by atoms with van der Waals surface area (Å²) in [4.78, 5) is 0. The maximum Gasteiger partial charge on any atom is 0.456 e. The van der Waals surface area contributed by atoms with E-state index in [-0.39, 0.29) is 19.0 Å². The van der Waals surface area contributed by atoms with Crippen LogP contribution in [0.1, 0.15) is 16.7 Å². The highest BCUT2D eigenvalue weighted by molar-refractivity contribution is 7.52. The van der Waals surface area contributed by atoms with Gasteiger partial charge in [-0.05, 0) is 11.1 Å². The molecule has 0 bridgehead atoms. The zero-order valence-electron chi connectivity index (χ0n) is 14.8. The first-order valence-corrected chi connectivity index (χ1v) is 10.0. The first-order valence-electron chi connectivity index (χ1n) is 8.53. The smallest absolute Gasteiger partial charge is 0.383 e. The lowest BCUT2D eigenvalue weighted by atomic mass is 10.2. The molecule has 0 unspecified atom stereocenters. The standard InChI is InChI=1S/C21H21N2O3P/c22-21(20-14-8-3-9-15-20)23-27(24,25-16-18-10-4-1-5-11-18)26-17-19-12-6-2-7-13-19/h1-15H,16-17H2,(H2,22,23,24). The van der Waals surface area contributed by atoms with Crippen LogP contribution in [0.3, 0.4) is 0 Å². The molecule has 3 aromatic carbocycles. The normalized spacial score (nSPS) is 12.1. The van der Waals surface area contributed by atoms with Crippen LogP contribution >= 0.6 is 7.75 Å². The Kier molecular flexibility index (Phi) is 6.55. The number of amidine groups is 1. The van der Waals surface area contributed by atoms with Gasteiger partial charge in [0.15, 0.2) is 0 Å². The van der Waals surface area contributed by atoms with Crippen molar-refractivity contribution in [3.63, 3.8) is 0 Å². The van der Waals surface area contributed by atoms with Crippen molar-refractivity contribution in [2.75, 3.05) is 0 Å². The summed E-state index contributed by atoms with van der Waals surface area (Å²) in [6.45, 7) is 0.219. The number of hydrogen-bond acceptors (Lipinski definition) is 3. The molecule has 0 heterocycles. The molecule has 5 nitrogen and oxygen atoms in total. The van der Waals surface area contributed by atoms with E-state index in [1.54, 1.807) is 12.1 Å². The van der Waals surface area contributed by atoms with E-state index in [9.17, 15) is 4.57 Å². The van der Waals surface area contributed by atoms with Gasteiger partial charge < -0.3 is 5.73 Å². The Hall–Kier alpha value is -2.72. The zero-order valence-corrected chi connectivity index (χ0v) is 15.7. The molecule has 0 amide bonds. The van der Waals surface area contributed by atoms with Crippen LogP contribution in [-0.2, 0) is 26.8 Å². The van der Waals surface area contributed by atoms with E-state index in [4.69, 9.17) is 14.8 Å². The van der Waals surface area contributed by atoms with Crippen molar-refractivity contribution in [3.8, 4) is 0 Å². The molecule has 138 valence electrons. The summed E-state index contributed by atoms with van der Waals surface area (Å²) in [7, 11) is -3.81.